The molecule has 34 heavy (non-hydrogen) atoms. The molecule has 4 rings (SSSR count). The molecule has 0 bridgehead atoms. The molecule has 0 spiro atoms. The Bertz CT molecular complexity index is 1270. The maximum atomic E-state index is 14.0. The first-order valence-electron chi connectivity index (χ1n) is 11.0. The monoisotopic (exact) mass is 485 g/mol. The van der Waals surface area contributed by atoms with Crippen molar-refractivity contribution in [2.45, 2.75) is 29.6 Å². The standard InChI is InChI=1S/C26H25F2NO4S/c1-33-17-18-2-4-19(5-3-18)20-6-9-22(10-7-20)34(31,32)23-12-14-29(15-13-23)26(30)24-11-8-21(27)16-25(24)28/h2-11,16,23H,12-15,17H2,1H3. The summed E-state index contributed by atoms with van der Waals surface area (Å²) in [4.78, 5) is 14.2. The lowest BCUT2D eigenvalue weighted by atomic mass is 10.0. The zero-order chi connectivity index (χ0) is 24.3. The second-order valence-electron chi connectivity index (χ2n) is 8.32. The average molecular weight is 486 g/mol. The van der Waals surface area contributed by atoms with Crippen LogP contribution in [-0.4, -0.2) is 44.7 Å². The van der Waals surface area contributed by atoms with E-state index in [2.05, 4.69) is 0 Å². The molecule has 0 radical (unpaired) electrons. The van der Waals surface area contributed by atoms with E-state index in [9.17, 15) is 22.0 Å². The van der Waals surface area contributed by atoms with Crippen LogP contribution in [0.25, 0.3) is 11.1 Å². The molecule has 0 atom stereocenters. The van der Waals surface area contributed by atoms with E-state index in [-0.39, 0.29) is 36.4 Å². The molecule has 0 unspecified atom stereocenters. The Kier molecular flexibility index (Phi) is 7.09. The number of halogens is 2. The number of methoxy groups -OCH3 is 1. The second-order valence-corrected chi connectivity index (χ2v) is 10.5. The van der Waals surface area contributed by atoms with Crippen LogP contribution in [0.15, 0.2) is 71.6 Å². The molecular weight excluding hydrogens is 460 g/mol. The Morgan fingerprint density at radius 2 is 1.53 bits per heavy atom. The van der Waals surface area contributed by atoms with E-state index in [0.29, 0.717) is 12.7 Å². The molecule has 8 heteroatoms. The molecule has 1 aliphatic rings. The fourth-order valence-electron chi connectivity index (χ4n) is 4.19. The van der Waals surface area contributed by atoms with Crippen molar-refractivity contribution >= 4 is 15.7 Å². The minimum atomic E-state index is -3.58. The Labute approximate surface area is 197 Å². The Hall–Kier alpha value is -3.10. The van der Waals surface area contributed by atoms with Crippen molar-refractivity contribution < 1.29 is 26.7 Å². The van der Waals surface area contributed by atoms with Crippen molar-refractivity contribution in [1.82, 2.24) is 4.90 Å². The van der Waals surface area contributed by atoms with Gasteiger partial charge in [-0.05, 0) is 53.8 Å². The van der Waals surface area contributed by atoms with Gasteiger partial charge in [-0.3, -0.25) is 4.79 Å². The van der Waals surface area contributed by atoms with Crippen LogP contribution in [0.2, 0.25) is 0 Å². The van der Waals surface area contributed by atoms with Gasteiger partial charge in [0.2, 0.25) is 0 Å². The van der Waals surface area contributed by atoms with Gasteiger partial charge < -0.3 is 9.64 Å². The summed E-state index contributed by atoms with van der Waals surface area (Å²) in [6, 6.07) is 17.5. The lowest BCUT2D eigenvalue weighted by molar-refractivity contribution is 0.0721. The number of amides is 1. The van der Waals surface area contributed by atoms with Gasteiger partial charge in [-0.25, -0.2) is 17.2 Å². The summed E-state index contributed by atoms with van der Waals surface area (Å²) in [5, 5.41) is -0.631. The largest absolute Gasteiger partial charge is 0.380 e. The Morgan fingerprint density at radius 1 is 0.941 bits per heavy atom. The van der Waals surface area contributed by atoms with Gasteiger partial charge in [-0.15, -0.1) is 0 Å². The van der Waals surface area contributed by atoms with Gasteiger partial charge in [0.05, 0.1) is 22.3 Å². The number of likely N-dealkylation sites (tertiary alicyclic amines) is 1. The fourth-order valence-corrected chi connectivity index (χ4v) is 5.92. The molecule has 0 N–H and O–H groups in total. The number of rotatable bonds is 6. The van der Waals surface area contributed by atoms with Crippen LogP contribution in [0.5, 0.6) is 0 Å². The summed E-state index contributed by atoms with van der Waals surface area (Å²) in [5.74, 6) is -2.24. The van der Waals surface area contributed by atoms with Crippen molar-refractivity contribution in [3.8, 4) is 11.1 Å². The number of piperidine rings is 1. The molecule has 5 nitrogen and oxygen atoms in total. The molecule has 1 heterocycles. The molecule has 178 valence electrons. The maximum absolute atomic E-state index is 14.0. The van der Waals surface area contributed by atoms with Gasteiger partial charge in [0.15, 0.2) is 9.84 Å². The maximum Gasteiger partial charge on any atom is 0.256 e. The van der Waals surface area contributed by atoms with Crippen molar-refractivity contribution in [2.24, 2.45) is 0 Å². The van der Waals surface area contributed by atoms with Gasteiger partial charge in [-0.1, -0.05) is 36.4 Å². The molecule has 0 saturated carbocycles. The van der Waals surface area contributed by atoms with Crippen molar-refractivity contribution in [3.63, 3.8) is 0 Å². The van der Waals surface area contributed by atoms with Gasteiger partial charge in [-0.2, -0.15) is 0 Å². The molecule has 1 amide bonds. The lowest BCUT2D eigenvalue weighted by Crippen LogP contribution is -2.42. The quantitative estimate of drug-likeness (QED) is 0.501. The van der Waals surface area contributed by atoms with Gasteiger partial charge >= 0.3 is 0 Å². The van der Waals surface area contributed by atoms with E-state index in [1.54, 1.807) is 31.4 Å². The van der Waals surface area contributed by atoms with E-state index < -0.39 is 32.6 Å². The first-order chi connectivity index (χ1) is 16.3. The zero-order valence-corrected chi connectivity index (χ0v) is 19.5. The topological polar surface area (TPSA) is 63.7 Å². The highest BCUT2D eigenvalue weighted by Crippen LogP contribution is 2.28. The first-order valence-corrected chi connectivity index (χ1v) is 12.5. The second kappa shape index (κ2) is 10.0. The van der Waals surface area contributed by atoms with Crippen LogP contribution in [0.3, 0.4) is 0 Å². The zero-order valence-electron chi connectivity index (χ0n) is 18.7. The van der Waals surface area contributed by atoms with E-state index in [0.717, 1.165) is 28.8 Å². The number of hydrogen-bond acceptors (Lipinski definition) is 4. The van der Waals surface area contributed by atoms with Crippen LogP contribution < -0.4 is 0 Å². The average Bonchev–Trinajstić information content (AvgIpc) is 2.84. The fraction of sp³-hybridized carbons (Fsp3) is 0.269. The molecule has 0 aliphatic carbocycles. The third kappa shape index (κ3) is 5.03. The van der Waals surface area contributed by atoms with Crippen LogP contribution in [0.1, 0.15) is 28.8 Å². The number of carbonyl (C=O) groups is 1. The minimum absolute atomic E-state index is 0.186. The predicted molar refractivity (Wildman–Crippen MR) is 125 cm³/mol. The SMILES string of the molecule is COCc1ccc(-c2ccc(S(=O)(=O)C3CCN(C(=O)c4ccc(F)cc4F)CC3)cc2)cc1. The van der Waals surface area contributed by atoms with Gasteiger partial charge in [0, 0.05) is 26.3 Å². The van der Waals surface area contributed by atoms with Crippen LogP contribution >= 0.6 is 0 Å². The van der Waals surface area contributed by atoms with Gasteiger partial charge in [0.1, 0.15) is 11.6 Å². The highest BCUT2D eigenvalue weighted by molar-refractivity contribution is 7.92. The lowest BCUT2D eigenvalue weighted by Gasteiger charge is -2.32. The summed E-state index contributed by atoms with van der Waals surface area (Å²) in [5.41, 5.74) is 2.72. The Balaban J connectivity index is 1.42. The predicted octanol–water partition coefficient (Wildman–Crippen LogP) is 4.86. The number of ether oxygens (including phenoxy) is 1. The van der Waals surface area contributed by atoms with Crippen LogP contribution in [0.4, 0.5) is 8.78 Å². The molecule has 3 aromatic rings. The Morgan fingerprint density at radius 3 is 2.09 bits per heavy atom. The van der Waals surface area contributed by atoms with Crippen molar-refractivity contribution in [3.05, 3.63) is 89.5 Å². The highest BCUT2D eigenvalue weighted by atomic mass is 32.2. The summed E-state index contributed by atoms with van der Waals surface area (Å²) >= 11 is 0. The smallest absolute Gasteiger partial charge is 0.256 e. The van der Waals surface area contributed by atoms with Gasteiger partial charge in [0.25, 0.3) is 5.91 Å². The number of hydrogen-bond donors (Lipinski definition) is 0. The van der Waals surface area contributed by atoms with Crippen LogP contribution in [0, 0.1) is 11.6 Å². The minimum Gasteiger partial charge on any atom is -0.380 e. The summed E-state index contributed by atoms with van der Waals surface area (Å²) in [7, 11) is -1.94. The number of sulfone groups is 1. The third-order valence-corrected chi connectivity index (χ3v) is 8.39. The summed E-state index contributed by atoms with van der Waals surface area (Å²) < 4.78 is 58.5. The van der Waals surface area contributed by atoms with Crippen LogP contribution in [-0.2, 0) is 21.2 Å². The molecule has 0 aromatic heterocycles. The summed E-state index contributed by atoms with van der Waals surface area (Å²) in [6.45, 7) is 0.900. The molecular formula is C26H25F2NO4S. The highest BCUT2D eigenvalue weighted by Gasteiger charge is 2.33. The molecule has 3 aromatic carbocycles. The third-order valence-electron chi connectivity index (χ3n) is 6.11. The number of nitrogens with zero attached hydrogens (tertiary/aromatic N) is 1. The van der Waals surface area contributed by atoms with E-state index in [1.165, 1.54) is 4.90 Å². The van der Waals surface area contributed by atoms with Crippen molar-refractivity contribution in [1.29, 1.82) is 0 Å². The van der Waals surface area contributed by atoms with E-state index in [1.807, 2.05) is 24.3 Å². The number of benzene rings is 3. The van der Waals surface area contributed by atoms with E-state index >= 15 is 0 Å². The first kappa shape index (κ1) is 24.0. The molecule has 1 aliphatic heterocycles. The number of carbonyl (C=O) groups excluding carboxylic acids is 1. The summed E-state index contributed by atoms with van der Waals surface area (Å²) in [6.07, 6.45) is 0.499. The molecule has 1 fully saturated rings. The normalized spacial score (nSPS) is 14.9. The van der Waals surface area contributed by atoms with E-state index in [4.69, 9.17) is 4.74 Å². The van der Waals surface area contributed by atoms with Crippen molar-refractivity contribution in [2.75, 3.05) is 20.2 Å². The molecule has 1 saturated heterocycles.